The Bertz CT molecular complexity index is 1250. The smallest absolute Gasteiger partial charge is 0.255 e. The second kappa shape index (κ2) is 8.52. The van der Waals surface area contributed by atoms with Crippen LogP contribution in [0.25, 0.3) is 10.9 Å². The quantitative estimate of drug-likeness (QED) is 0.256. The van der Waals surface area contributed by atoms with E-state index in [-0.39, 0.29) is 17.4 Å². The summed E-state index contributed by atoms with van der Waals surface area (Å²) in [5, 5.41) is 4.06. The molecule has 0 atom stereocenters. The number of aromatic amines is 1. The van der Waals surface area contributed by atoms with Gasteiger partial charge in [-0.05, 0) is 35.9 Å². The van der Waals surface area contributed by atoms with Gasteiger partial charge in [-0.2, -0.15) is 0 Å². The molecular formula is C23H15Cl3N2O2. The summed E-state index contributed by atoms with van der Waals surface area (Å²) in [5.41, 5.74) is 2.79. The van der Waals surface area contributed by atoms with Crippen LogP contribution in [0.5, 0.6) is 0 Å². The van der Waals surface area contributed by atoms with Crippen molar-refractivity contribution in [1.82, 2.24) is 4.98 Å². The minimum absolute atomic E-state index is 0.242. The van der Waals surface area contributed by atoms with Gasteiger partial charge in [0, 0.05) is 27.1 Å². The van der Waals surface area contributed by atoms with Crippen molar-refractivity contribution in [2.24, 2.45) is 0 Å². The predicted octanol–water partition coefficient (Wildman–Crippen LogP) is 6.78. The molecule has 7 heteroatoms. The van der Waals surface area contributed by atoms with Crippen molar-refractivity contribution in [3.8, 4) is 0 Å². The number of halogens is 3. The third-order valence-corrected chi connectivity index (χ3v) is 5.40. The van der Waals surface area contributed by atoms with Crippen molar-refractivity contribution in [2.75, 3.05) is 5.32 Å². The van der Waals surface area contributed by atoms with Crippen LogP contribution in [0.3, 0.4) is 0 Å². The van der Waals surface area contributed by atoms with Gasteiger partial charge < -0.3 is 10.3 Å². The Balaban J connectivity index is 1.78. The zero-order chi connectivity index (χ0) is 21.3. The normalized spacial score (nSPS) is 11.1. The molecule has 3 aromatic carbocycles. The van der Waals surface area contributed by atoms with Gasteiger partial charge in [-0.15, -0.1) is 23.2 Å². The van der Waals surface area contributed by atoms with Gasteiger partial charge in [-0.3, -0.25) is 9.59 Å². The maximum Gasteiger partial charge on any atom is 0.255 e. The van der Waals surface area contributed by atoms with Crippen molar-refractivity contribution in [1.29, 1.82) is 0 Å². The molecule has 0 aliphatic rings. The van der Waals surface area contributed by atoms with Gasteiger partial charge in [-0.25, -0.2) is 0 Å². The molecule has 1 amide bonds. The summed E-state index contributed by atoms with van der Waals surface area (Å²) in [6.45, 7) is 0. The molecule has 0 radical (unpaired) electrons. The van der Waals surface area contributed by atoms with Crippen molar-refractivity contribution >= 4 is 63.1 Å². The molecule has 4 aromatic rings. The number of hydrogen-bond acceptors (Lipinski definition) is 2. The fourth-order valence-corrected chi connectivity index (χ4v) is 3.65. The zero-order valence-electron chi connectivity index (χ0n) is 15.5. The Hall–Kier alpha value is -2.79. The number of amides is 1. The van der Waals surface area contributed by atoms with E-state index in [0.29, 0.717) is 38.3 Å². The second-order valence-corrected chi connectivity index (χ2v) is 8.17. The highest BCUT2D eigenvalue weighted by Crippen LogP contribution is 2.32. The summed E-state index contributed by atoms with van der Waals surface area (Å²) < 4.78 is 0. The summed E-state index contributed by atoms with van der Waals surface area (Å²) in [5.74, 6) is -0.627. The summed E-state index contributed by atoms with van der Waals surface area (Å²) >= 11 is 18.0. The first-order valence-electron chi connectivity index (χ1n) is 9.04. The van der Waals surface area contributed by atoms with Crippen LogP contribution in [-0.2, 0) is 0 Å². The third-order valence-electron chi connectivity index (χ3n) is 4.66. The largest absolute Gasteiger partial charge is 0.350 e. The van der Waals surface area contributed by atoms with Crippen LogP contribution in [0, 0.1) is 0 Å². The molecule has 4 nitrogen and oxygen atoms in total. The molecule has 4 rings (SSSR count). The van der Waals surface area contributed by atoms with E-state index < -0.39 is 4.84 Å². The average molecular weight is 458 g/mol. The minimum atomic E-state index is -0.747. The van der Waals surface area contributed by atoms with Crippen LogP contribution in [0.4, 0.5) is 5.69 Å². The number of carbonyl (C=O) groups excluding carboxylic acids is 2. The van der Waals surface area contributed by atoms with Crippen LogP contribution in [0.2, 0.25) is 5.02 Å². The van der Waals surface area contributed by atoms with E-state index in [1.165, 1.54) is 0 Å². The first-order valence-corrected chi connectivity index (χ1v) is 10.3. The lowest BCUT2D eigenvalue weighted by Gasteiger charge is -2.09. The van der Waals surface area contributed by atoms with Gasteiger partial charge in [0.2, 0.25) is 5.78 Å². The maximum atomic E-state index is 13.1. The molecule has 0 aliphatic heterocycles. The Morgan fingerprint density at radius 3 is 2.33 bits per heavy atom. The van der Waals surface area contributed by atoms with Crippen LogP contribution in [0.15, 0.2) is 72.8 Å². The average Bonchev–Trinajstić information content (AvgIpc) is 3.11. The number of benzene rings is 3. The standard InChI is InChI=1S/C23H15Cl3N2O2/c24-16-9-10-17-18(12-16)27-20(21(29)13-5-2-1-3-6-13)19(17)28-23(30)15-8-4-7-14(11-15)22(25)26/h1-12,22,27H,(H,28,30). The molecular weight excluding hydrogens is 443 g/mol. The first-order chi connectivity index (χ1) is 14.4. The molecule has 0 fully saturated rings. The van der Waals surface area contributed by atoms with Crippen LogP contribution in [-0.4, -0.2) is 16.7 Å². The summed E-state index contributed by atoms with van der Waals surface area (Å²) in [6.07, 6.45) is 0. The highest BCUT2D eigenvalue weighted by molar-refractivity contribution is 6.44. The number of hydrogen-bond donors (Lipinski definition) is 2. The fourth-order valence-electron chi connectivity index (χ4n) is 3.21. The zero-order valence-corrected chi connectivity index (χ0v) is 17.7. The molecule has 1 heterocycles. The van der Waals surface area contributed by atoms with Crippen LogP contribution in [0.1, 0.15) is 36.8 Å². The molecule has 2 N–H and O–H groups in total. The molecule has 0 unspecified atom stereocenters. The number of carbonyl (C=O) groups is 2. The van der Waals surface area contributed by atoms with E-state index in [4.69, 9.17) is 34.8 Å². The van der Waals surface area contributed by atoms with Crippen molar-refractivity contribution in [2.45, 2.75) is 4.84 Å². The number of nitrogens with one attached hydrogen (secondary N) is 2. The number of H-pyrrole nitrogens is 1. The molecule has 30 heavy (non-hydrogen) atoms. The molecule has 0 aliphatic carbocycles. The van der Waals surface area contributed by atoms with Gasteiger partial charge in [0.05, 0.1) is 5.69 Å². The molecule has 150 valence electrons. The number of ketones is 1. The number of rotatable bonds is 5. The van der Waals surface area contributed by atoms with E-state index in [0.717, 1.165) is 0 Å². The highest BCUT2D eigenvalue weighted by Gasteiger charge is 2.22. The van der Waals surface area contributed by atoms with Gasteiger partial charge in [0.15, 0.2) is 0 Å². The Morgan fingerprint density at radius 1 is 0.867 bits per heavy atom. The first kappa shape index (κ1) is 20.5. The Labute approximate surface area is 187 Å². The maximum absolute atomic E-state index is 13.1. The molecule has 0 spiro atoms. The monoisotopic (exact) mass is 456 g/mol. The summed E-state index contributed by atoms with van der Waals surface area (Å²) in [7, 11) is 0. The molecule has 0 saturated heterocycles. The predicted molar refractivity (Wildman–Crippen MR) is 122 cm³/mol. The van der Waals surface area contributed by atoms with E-state index in [9.17, 15) is 9.59 Å². The lowest BCUT2D eigenvalue weighted by molar-refractivity contribution is 0.102. The van der Waals surface area contributed by atoms with E-state index in [1.807, 2.05) is 6.07 Å². The molecule has 1 aromatic heterocycles. The van der Waals surface area contributed by atoms with Gasteiger partial charge in [0.25, 0.3) is 5.91 Å². The third kappa shape index (κ3) is 4.08. The van der Waals surface area contributed by atoms with E-state index >= 15 is 0 Å². The van der Waals surface area contributed by atoms with Gasteiger partial charge in [0.1, 0.15) is 10.5 Å². The van der Waals surface area contributed by atoms with Crippen molar-refractivity contribution in [3.63, 3.8) is 0 Å². The molecule has 0 saturated carbocycles. The topological polar surface area (TPSA) is 62.0 Å². The lowest BCUT2D eigenvalue weighted by Crippen LogP contribution is -2.15. The number of aromatic nitrogens is 1. The van der Waals surface area contributed by atoms with Crippen LogP contribution >= 0.6 is 34.8 Å². The Kier molecular flexibility index (Phi) is 5.82. The summed E-state index contributed by atoms with van der Waals surface area (Å²) in [6, 6.07) is 20.7. The van der Waals surface area contributed by atoms with Gasteiger partial charge >= 0.3 is 0 Å². The minimum Gasteiger partial charge on any atom is -0.350 e. The lowest BCUT2D eigenvalue weighted by atomic mass is 10.1. The highest BCUT2D eigenvalue weighted by atomic mass is 35.5. The van der Waals surface area contributed by atoms with Crippen LogP contribution < -0.4 is 5.32 Å². The second-order valence-electron chi connectivity index (χ2n) is 6.64. The van der Waals surface area contributed by atoms with Crippen molar-refractivity contribution in [3.05, 3.63) is 100 Å². The fraction of sp³-hybridized carbons (Fsp3) is 0.0435. The summed E-state index contributed by atoms with van der Waals surface area (Å²) in [4.78, 5) is 28.4. The number of anilines is 1. The van der Waals surface area contributed by atoms with Gasteiger partial charge in [-0.1, -0.05) is 54.1 Å². The van der Waals surface area contributed by atoms with E-state index in [1.54, 1.807) is 66.7 Å². The van der Waals surface area contributed by atoms with E-state index in [2.05, 4.69) is 10.3 Å². The SMILES string of the molecule is O=C(Nc1c(C(=O)c2ccccc2)[nH]c2cc(Cl)ccc12)c1cccc(C(Cl)Cl)c1. The Morgan fingerprint density at radius 2 is 1.60 bits per heavy atom. The van der Waals surface area contributed by atoms with Crippen molar-refractivity contribution < 1.29 is 9.59 Å². The number of fused-ring (bicyclic) bond motifs is 1. The number of alkyl halides is 2. The molecule has 0 bridgehead atoms.